The topological polar surface area (TPSA) is 52.6 Å². The average molecular weight is 372 g/mol. The van der Waals surface area contributed by atoms with Crippen molar-refractivity contribution in [3.05, 3.63) is 17.6 Å². The molecule has 27 heavy (non-hydrogen) atoms. The molecule has 6 nitrogen and oxygen atoms in total. The lowest BCUT2D eigenvalue weighted by Gasteiger charge is -2.43. The molecule has 3 heterocycles. The zero-order valence-electron chi connectivity index (χ0n) is 16.9. The number of fused-ring (bicyclic) bond motifs is 1. The van der Waals surface area contributed by atoms with E-state index in [1.807, 2.05) is 11.8 Å². The second-order valence-electron chi connectivity index (χ2n) is 8.43. The van der Waals surface area contributed by atoms with Crippen LogP contribution in [0.15, 0.2) is 6.33 Å². The number of piperazine rings is 1. The summed E-state index contributed by atoms with van der Waals surface area (Å²) in [5.41, 5.74) is 2.31. The number of nitrogens with zero attached hydrogens (tertiary/aromatic N) is 5. The van der Waals surface area contributed by atoms with Gasteiger partial charge in [-0.3, -0.25) is 9.69 Å². The Balaban J connectivity index is 1.42. The van der Waals surface area contributed by atoms with Crippen molar-refractivity contribution in [1.82, 2.24) is 19.8 Å². The number of carbonyl (C=O) groups excluding carboxylic acids is 1. The minimum atomic E-state index is 0.109. The van der Waals surface area contributed by atoms with Gasteiger partial charge in [-0.1, -0.05) is 26.7 Å². The van der Waals surface area contributed by atoms with Gasteiger partial charge in [0.05, 0.1) is 12.2 Å². The van der Waals surface area contributed by atoms with Gasteiger partial charge in [0.15, 0.2) is 0 Å². The molecule has 1 aromatic rings. The number of anilines is 1. The van der Waals surface area contributed by atoms with Gasteiger partial charge in [-0.25, -0.2) is 9.97 Å². The summed E-state index contributed by atoms with van der Waals surface area (Å²) in [7, 11) is 0. The van der Waals surface area contributed by atoms with Crippen LogP contribution in [0, 0.1) is 5.92 Å². The molecule has 2 fully saturated rings. The second kappa shape index (κ2) is 8.13. The Kier molecular flexibility index (Phi) is 5.62. The normalized spacial score (nSPS) is 22.3. The van der Waals surface area contributed by atoms with Crippen molar-refractivity contribution >= 4 is 11.7 Å². The number of hydrogen-bond donors (Lipinski definition) is 0. The Bertz CT molecular complexity index is 667. The van der Waals surface area contributed by atoms with Gasteiger partial charge >= 0.3 is 0 Å². The number of aromatic nitrogens is 2. The number of rotatable bonds is 5. The molecule has 1 amide bonds. The smallest absolute Gasteiger partial charge is 0.225 e. The lowest BCUT2D eigenvalue weighted by molar-refractivity contribution is -0.136. The van der Waals surface area contributed by atoms with Crippen LogP contribution in [0.4, 0.5) is 5.82 Å². The van der Waals surface area contributed by atoms with Crippen LogP contribution in [0.5, 0.6) is 0 Å². The van der Waals surface area contributed by atoms with Gasteiger partial charge in [0.2, 0.25) is 5.91 Å². The van der Waals surface area contributed by atoms with Gasteiger partial charge in [0.25, 0.3) is 0 Å². The third kappa shape index (κ3) is 3.82. The van der Waals surface area contributed by atoms with E-state index in [4.69, 9.17) is 0 Å². The van der Waals surface area contributed by atoms with Crippen molar-refractivity contribution in [2.75, 3.05) is 37.6 Å². The van der Waals surface area contributed by atoms with Gasteiger partial charge in [-0.05, 0) is 25.7 Å². The first kappa shape index (κ1) is 18.7. The largest absolute Gasteiger partial charge is 0.354 e. The van der Waals surface area contributed by atoms with Crippen molar-refractivity contribution < 1.29 is 4.79 Å². The Labute approximate surface area is 162 Å². The maximum Gasteiger partial charge on any atom is 0.225 e. The van der Waals surface area contributed by atoms with Crippen molar-refractivity contribution in [3.63, 3.8) is 0 Å². The van der Waals surface area contributed by atoms with Crippen LogP contribution in [-0.4, -0.2) is 64.4 Å². The van der Waals surface area contributed by atoms with E-state index in [-0.39, 0.29) is 11.8 Å². The molecule has 0 N–H and O–H groups in total. The van der Waals surface area contributed by atoms with Crippen LogP contribution in [-0.2, 0) is 17.8 Å². The second-order valence-corrected chi connectivity index (χ2v) is 8.43. The summed E-state index contributed by atoms with van der Waals surface area (Å²) < 4.78 is 0. The summed E-state index contributed by atoms with van der Waals surface area (Å²) in [4.78, 5) is 29.0. The molecule has 2 aliphatic heterocycles. The van der Waals surface area contributed by atoms with Crippen LogP contribution in [0.25, 0.3) is 0 Å². The van der Waals surface area contributed by atoms with E-state index in [9.17, 15) is 4.79 Å². The zero-order chi connectivity index (χ0) is 18.8. The van der Waals surface area contributed by atoms with E-state index in [0.717, 1.165) is 69.5 Å². The maximum atomic E-state index is 12.7. The molecule has 1 unspecified atom stereocenters. The molecule has 0 spiro atoms. The molecule has 1 atom stereocenters. The standard InChI is InChI=1S/C21H33N5O/c1-3-5-16(2)21(27)26-9-8-18-19(14-26)22-15-23-20(18)25-12-10-24(11-13-25)17-6-4-7-17/h15-17H,3-14H2,1-2H3. The highest BCUT2D eigenvalue weighted by molar-refractivity contribution is 5.78. The summed E-state index contributed by atoms with van der Waals surface area (Å²) in [5.74, 6) is 1.50. The molecule has 148 valence electrons. The molecule has 6 heteroatoms. The Hall–Kier alpha value is -1.69. The summed E-state index contributed by atoms with van der Waals surface area (Å²) in [6, 6.07) is 0.830. The highest BCUT2D eigenvalue weighted by Crippen LogP contribution is 2.29. The first-order valence-electron chi connectivity index (χ1n) is 10.8. The van der Waals surface area contributed by atoms with E-state index in [1.54, 1.807) is 6.33 Å². The molecule has 0 radical (unpaired) electrons. The van der Waals surface area contributed by atoms with Crippen LogP contribution >= 0.6 is 0 Å². The molecule has 0 bridgehead atoms. The lowest BCUT2D eigenvalue weighted by atomic mass is 9.91. The van der Waals surface area contributed by atoms with Crippen molar-refractivity contribution in [2.24, 2.45) is 5.92 Å². The Morgan fingerprint density at radius 3 is 2.63 bits per heavy atom. The number of hydrogen-bond acceptors (Lipinski definition) is 5. The molecular formula is C21H33N5O. The maximum absolute atomic E-state index is 12.7. The van der Waals surface area contributed by atoms with E-state index in [1.165, 1.54) is 24.8 Å². The van der Waals surface area contributed by atoms with Crippen LogP contribution in [0.3, 0.4) is 0 Å². The molecule has 1 aliphatic carbocycles. The summed E-state index contributed by atoms with van der Waals surface area (Å²) in [6.45, 7) is 10.0. The van der Waals surface area contributed by atoms with Crippen LogP contribution in [0.1, 0.15) is 57.2 Å². The summed E-state index contributed by atoms with van der Waals surface area (Å²) in [6.07, 6.45) is 8.73. The van der Waals surface area contributed by atoms with Crippen LogP contribution < -0.4 is 4.90 Å². The molecule has 0 aromatic carbocycles. The van der Waals surface area contributed by atoms with Crippen LogP contribution in [0.2, 0.25) is 0 Å². The van der Waals surface area contributed by atoms with E-state index in [2.05, 4.69) is 26.7 Å². The Morgan fingerprint density at radius 2 is 1.96 bits per heavy atom. The molecule has 1 saturated heterocycles. The van der Waals surface area contributed by atoms with Gasteiger partial charge in [-0.15, -0.1) is 0 Å². The van der Waals surface area contributed by atoms with Crippen molar-refractivity contribution in [1.29, 1.82) is 0 Å². The number of amides is 1. The molecule has 3 aliphatic rings. The van der Waals surface area contributed by atoms with Gasteiger partial charge < -0.3 is 9.80 Å². The minimum Gasteiger partial charge on any atom is -0.354 e. The molecule has 1 aromatic heterocycles. The quantitative estimate of drug-likeness (QED) is 0.796. The highest BCUT2D eigenvalue weighted by atomic mass is 16.2. The van der Waals surface area contributed by atoms with E-state index < -0.39 is 0 Å². The minimum absolute atomic E-state index is 0.109. The van der Waals surface area contributed by atoms with Crippen molar-refractivity contribution in [3.8, 4) is 0 Å². The fraction of sp³-hybridized carbons (Fsp3) is 0.762. The number of carbonyl (C=O) groups is 1. The molecular weight excluding hydrogens is 338 g/mol. The van der Waals surface area contributed by atoms with Gasteiger partial charge in [-0.2, -0.15) is 0 Å². The van der Waals surface area contributed by atoms with E-state index in [0.29, 0.717) is 6.54 Å². The molecule has 4 rings (SSSR count). The zero-order valence-corrected chi connectivity index (χ0v) is 16.9. The monoisotopic (exact) mass is 371 g/mol. The fourth-order valence-electron chi connectivity index (χ4n) is 4.72. The third-order valence-electron chi connectivity index (χ3n) is 6.64. The summed E-state index contributed by atoms with van der Waals surface area (Å²) >= 11 is 0. The fourth-order valence-corrected chi connectivity index (χ4v) is 4.72. The SMILES string of the molecule is CCCC(C)C(=O)N1CCc2c(ncnc2N2CCN(C3CCC3)CC2)C1. The predicted octanol–water partition coefficient (Wildman–Crippen LogP) is 2.47. The lowest BCUT2D eigenvalue weighted by Crippen LogP contribution is -2.52. The highest BCUT2D eigenvalue weighted by Gasteiger charge is 2.31. The predicted molar refractivity (Wildman–Crippen MR) is 107 cm³/mol. The molecule has 1 saturated carbocycles. The average Bonchev–Trinajstić information content (AvgIpc) is 2.66. The third-order valence-corrected chi connectivity index (χ3v) is 6.64. The van der Waals surface area contributed by atoms with Crippen molar-refractivity contribution in [2.45, 2.75) is 65.0 Å². The van der Waals surface area contributed by atoms with Gasteiger partial charge in [0.1, 0.15) is 12.1 Å². The Morgan fingerprint density at radius 1 is 1.19 bits per heavy atom. The van der Waals surface area contributed by atoms with Gasteiger partial charge in [0, 0.05) is 50.2 Å². The first-order valence-corrected chi connectivity index (χ1v) is 10.8. The first-order chi connectivity index (χ1) is 13.2. The summed E-state index contributed by atoms with van der Waals surface area (Å²) in [5, 5.41) is 0. The van der Waals surface area contributed by atoms with E-state index >= 15 is 0 Å².